The van der Waals surface area contributed by atoms with Gasteiger partial charge in [-0.25, -0.2) is 5.43 Å². The molecule has 0 aliphatic heterocycles. The van der Waals surface area contributed by atoms with Gasteiger partial charge in [-0.2, -0.15) is 5.10 Å². The van der Waals surface area contributed by atoms with Gasteiger partial charge in [-0.05, 0) is 19.1 Å². The smallest absolute Gasteiger partial charge is 0.266 e. The second kappa shape index (κ2) is 5.87. The Labute approximate surface area is 88.2 Å². The van der Waals surface area contributed by atoms with Crippen LogP contribution in [-0.2, 0) is 9.53 Å². The molecule has 5 heteroatoms. The number of hydrogen-bond acceptors (Lipinski definition) is 4. The van der Waals surface area contributed by atoms with Crippen molar-refractivity contribution in [3.63, 3.8) is 0 Å². The monoisotopic (exact) mass is 207 g/mol. The Bertz CT molecular complexity index is 363. The maximum absolute atomic E-state index is 10.9. The number of nitrogens with one attached hydrogen (secondary N) is 1. The minimum absolute atomic E-state index is 0.00140. The molecule has 1 N–H and O–H groups in total. The molecule has 0 atom stereocenters. The van der Waals surface area contributed by atoms with Crippen LogP contribution in [-0.4, -0.2) is 30.8 Å². The average Bonchev–Trinajstić information content (AvgIpc) is 2.18. The second-order valence-electron chi connectivity index (χ2n) is 2.93. The van der Waals surface area contributed by atoms with Gasteiger partial charge in [-0.1, -0.05) is 6.07 Å². The van der Waals surface area contributed by atoms with Gasteiger partial charge in [-0.15, -0.1) is 0 Å². The van der Waals surface area contributed by atoms with E-state index in [1.807, 2.05) is 19.1 Å². The maximum atomic E-state index is 10.9. The van der Waals surface area contributed by atoms with E-state index in [0.29, 0.717) is 5.69 Å². The summed E-state index contributed by atoms with van der Waals surface area (Å²) >= 11 is 0. The van der Waals surface area contributed by atoms with E-state index >= 15 is 0 Å². The molecule has 15 heavy (non-hydrogen) atoms. The van der Waals surface area contributed by atoms with Crippen LogP contribution in [0.2, 0.25) is 0 Å². The average molecular weight is 207 g/mol. The quantitative estimate of drug-likeness (QED) is 0.577. The molecular weight excluding hydrogens is 194 g/mol. The van der Waals surface area contributed by atoms with Gasteiger partial charge in [0.05, 0.1) is 11.9 Å². The molecule has 0 saturated carbocycles. The highest BCUT2D eigenvalue weighted by Crippen LogP contribution is 1.94. The van der Waals surface area contributed by atoms with Crippen LogP contribution in [0, 0.1) is 6.92 Å². The van der Waals surface area contributed by atoms with Crippen LogP contribution in [0.3, 0.4) is 0 Å². The summed E-state index contributed by atoms with van der Waals surface area (Å²) < 4.78 is 4.62. The number of aromatic nitrogens is 1. The van der Waals surface area contributed by atoms with E-state index in [1.54, 1.807) is 6.07 Å². The van der Waals surface area contributed by atoms with E-state index in [2.05, 4.69) is 20.2 Å². The van der Waals surface area contributed by atoms with Crippen LogP contribution in [0.25, 0.3) is 0 Å². The van der Waals surface area contributed by atoms with E-state index in [1.165, 1.54) is 13.3 Å². The van der Waals surface area contributed by atoms with Crippen molar-refractivity contribution >= 4 is 12.1 Å². The maximum Gasteiger partial charge on any atom is 0.266 e. The predicted molar refractivity (Wildman–Crippen MR) is 56.6 cm³/mol. The van der Waals surface area contributed by atoms with Crippen LogP contribution < -0.4 is 5.43 Å². The fourth-order valence-corrected chi connectivity index (χ4v) is 0.970. The van der Waals surface area contributed by atoms with Crippen LogP contribution in [0.5, 0.6) is 0 Å². The molecule has 0 aromatic carbocycles. The van der Waals surface area contributed by atoms with E-state index in [4.69, 9.17) is 0 Å². The highest BCUT2D eigenvalue weighted by atomic mass is 16.5. The first-order valence-corrected chi connectivity index (χ1v) is 4.47. The van der Waals surface area contributed by atoms with Crippen molar-refractivity contribution in [1.82, 2.24) is 10.4 Å². The topological polar surface area (TPSA) is 63.6 Å². The molecule has 0 saturated heterocycles. The molecule has 0 aliphatic carbocycles. The summed E-state index contributed by atoms with van der Waals surface area (Å²) in [6.07, 6.45) is 1.49. The Hall–Kier alpha value is -1.75. The van der Waals surface area contributed by atoms with Gasteiger partial charge in [0.15, 0.2) is 0 Å². The van der Waals surface area contributed by atoms with Gasteiger partial charge in [0.25, 0.3) is 5.91 Å². The van der Waals surface area contributed by atoms with Crippen LogP contribution in [0.4, 0.5) is 0 Å². The number of hydrazone groups is 1. The van der Waals surface area contributed by atoms with Crippen molar-refractivity contribution < 1.29 is 9.53 Å². The highest BCUT2D eigenvalue weighted by Gasteiger charge is 1.95. The van der Waals surface area contributed by atoms with Crippen LogP contribution >= 0.6 is 0 Å². The molecule has 80 valence electrons. The number of carbonyl (C=O) groups is 1. The number of pyridine rings is 1. The summed E-state index contributed by atoms with van der Waals surface area (Å²) in [7, 11) is 1.45. The Morgan fingerprint density at radius 2 is 2.47 bits per heavy atom. The lowest BCUT2D eigenvalue weighted by Gasteiger charge is -1.97. The first kappa shape index (κ1) is 11.3. The lowest BCUT2D eigenvalue weighted by Crippen LogP contribution is -2.22. The molecule has 0 aliphatic rings. The van der Waals surface area contributed by atoms with E-state index < -0.39 is 0 Å². The van der Waals surface area contributed by atoms with E-state index in [0.717, 1.165) is 5.69 Å². The van der Waals surface area contributed by atoms with E-state index in [-0.39, 0.29) is 12.5 Å². The molecule has 5 nitrogen and oxygen atoms in total. The first-order chi connectivity index (χ1) is 7.22. The molecule has 0 unspecified atom stereocenters. The standard InChI is InChI=1S/C10H13N3O2/c1-8-4-3-5-9(12-8)6-11-13-10(14)7-15-2/h3-6H,7H2,1-2H3,(H,13,14)/b11-6-. The predicted octanol–water partition coefficient (Wildman–Crippen LogP) is 0.487. The molecule has 0 spiro atoms. The minimum atomic E-state index is -0.290. The number of methoxy groups -OCH3 is 1. The molecular formula is C10H13N3O2. The highest BCUT2D eigenvalue weighted by molar-refractivity contribution is 5.81. The number of aryl methyl sites for hydroxylation is 1. The SMILES string of the molecule is COCC(=O)N/N=C\c1cccc(C)n1. The zero-order chi connectivity index (χ0) is 11.1. The van der Waals surface area contributed by atoms with Gasteiger partial charge >= 0.3 is 0 Å². The normalized spacial score (nSPS) is 10.5. The van der Waals surface area contributed by atoms with Gasteiger partial charge in [0.2, 0.25) is 0 Å². The summed E-state index contributed by atoms with van der Waals surface area (Å²) in [6.45, 7) is 1.89. The largest absolute Gasteiger partial charge is 0.375 e. The molecule has 0 radical (unpaired) electrons. The number of hydrogen-bond donors (Lipinski definition) is 1. The van der Waals surface area contributed by atoms with Gasteiger partial charge in [-0.3, -0.25) is 9.78 Å². The number of ether oxygens (including phenoxy) is 1. The summed E-state index contributed by atoms with van der Waals surface area (Å²) in [5.41, 5.74) is 3.92. The van der Waals surface area contributed by atoms with Gasteiger partial charge in [0, 0.05) is 12.8 Å². The Morgan fingerprint density at radius 1 is 1.67 bits per heavy atom. The number of carbonyl (C=O) groups excluding carboxylic acids is 1. The molecule has 1 aromatic rings. The summed E-state index contributed by atoms with van der Waals surface area (Å²) in [5, 5.41) is 3.73. The number of nitrogens with zero attached hydrogens (tertiary/aromatic N) is 2. The number of amides is 1. The summed E-state index contributed by atoms with van der Waals surface area (Å²) in [5.74, 6) is -0.290. The summed E-state index contributed by atoms with van der Waals surface area (Å²) in [6, 6.07) is 5.57. The molecule has 0 bridgehead atoms. The van der Waals surface area contributed by atoms with Crippen molar-refractivity contribution in [1.29, 1.82) is 0 Å². The molecule has 1 amide bonds. The fourth-order valence-electron chi connectivity index (χ4n) is 0.970. The van der Waals surface area contributed by atoms with Crippen molar-refractivity contribution in [2.45, 2.75) is 6.92 Å². The molecule has 0 fully saturated rings. The molecule has 1 heterocycles. The lowest BCUT2D eigenvalue weighted by molar-refractivity contribution is -0.124. The third kappa shape index (κ3) is 4.33. The minimum Gasteiger partial charge on any atom is -0.375 e. The number of rotatable bonds is 4. The van der Waals surface area contributed by atoms with Crippen molar-refractivity contribution in [2.24, 2.45) is 5.10 Å². The Balaban J connectivity index is 2.48. The van der Waals surface area contributed by atoms with E-state index in [9.17, 15) is 4.79 Å². The van der Waals surface area contributed by atoms with Crippen LogP contribution in [0.15, 0.2) is 23.3 Å². The third-order valence-corrected chi connectivity index (χ3v) is 1.57. The third-order valence-electron chi connectivity index (χ3n) is 1.57. The first-order valence-electron chi connectivity index (χ1n) is 4.47. The second-order valence-corrected chi connectivity index (χ2v) is 2.93. The zero-order valence-corrected chi connectivity index (χ0v) is 8.73. The van der Waals surface area contributed by atoms with Crippen LogP contribution in [0.1, 0.15) is 11.4 Å². The summed E-state index contributed by atoms with van der Waals surface area (Å²) in [4.78, 5) is 15.1. The Kier molecular flexibility index (Phi) is 4.43. The van der Waals surface area contributed by atoms with Crippen molar-refractivity contribution in [3.05, 3.63) is 29.6 Å². The Morgan fingerprint density at radius 3 is 3.13 bits per heavy atom. The molecule has 1 rings (SSSR count). The molecule has 1 aromatic heterocycles. The van der Waals surface area contributed by atoms with Crippen molar-refractivity contribution in [3.8, 4) is 0 Å². The fraction of sp³-hybridized carbons (Fsp3) is 0.300. The van der Waals surface area contributed by atoms with Crippen molar-refractivity contribution in [2.75, 3.05) is 13.7 Å². The zero-order valence-electron chi connectivity index (χ0n) is 8.73. The van der Waals surface area contributed by atoms with Gasteiger partial charge < -0.3 is 4.74 Å². The lowest BCUT2D eigenvalue weighted by atomic mass is 10.3. The van der Waals surface area contributed by atoms with Gasteiger partial charge in [0.1, 0.15) is 6.61 Å².